The van der Waals surface area contributed by atoms with Crippen molar-refractivity contribution in [2.24, 2.45) is 0 Å². The average Bonchev–Trinajstić information content (AvgIpc) is 2.78. The molecule has 2 N–H and O–H groups in total. The van der Waals surface area contributed by atoms with Crippen LogP contribution in [0.2, 0.25) is 0 Å². The Hall–Kier alpha value is -0.160. The molecule has 4 heteroatoms. The lowest BCUT2D eigenvalue weighted by Crippen LogP contribution is -2.39. The highest BCUT2D eigenvalue weighted by Crippen LogP contribution is 2.12. The molecule has 0 amide bonds. The van der Waals surface area contributed by atoms with Gasteiger partial charge in [-0.15, -0.1) is 0 Å². The van der Waals surface area contributed by atoms with Gasteiger partial charge in [-0.05, 0) is 25.7 Å². The first kappa shape index (κ1) is 12.3. The normalized spacial score (nSPS) is 35.4. The van der Waals surface area contributed by atoms with Crippen molar-refractivity contribution in [3.8, 4) is 0 Å². The van der Waals surface area contributed by atoms with Crippen LogP contribution in [0.15, 0.2) is 0 Å². The van der Waals surface area contributed by atoms with Crippen molar-refractivity contribution >= 4 is 0 Å². The van der Waals surface area contributed by atoms with Gasteiger partial charge in [-0.25, -0.2) is 0 Å². The molecule has 2 fully saturated rings. The summed E-state index contributed by atoms with van der Waals surface area (Å²) in [6.07, 6.45) is 5.72. The van der Waals surface area contributed by atoms with E-state index in [1.165, 1.54) is 19.3 Å². The highest BCUT2D eigenvalue weighted by atomic mass is 16.5. The molecule has 0 spiro atoms. The van der Waals surface area contributed by atoms with Crippen molar-refractivity contribution in [1.29, 1.82) is 0 Å². The third-order valence-electron chi connectivity index (χ3n) is 3.55. The maximum absolute atomic E-state index is 5.68. The maximum atomic E-state index is 5.68. The molecule has 4 nitrogen and oxygen atoms in total. The lowest BCUT2D eigenvalue weighted by atomic mass is 10.1. The molecule has 2 rings (SSSR count). The van der Waals surface area contributed by atoms with Crippen molar-refractivity contribution in [2.75, 3.05) is 33.4 Å². The van der Waals surface area contributed by atoms with Gasteiger partial charge in [0.25, 0.3) is 0 Å². The van der Waals surface area contributed by atoms with Crippen molar-refractivity contribution in [3.05, 3.63) is 0 Å². The molecule has 2 aliphatic rings. The Morgan fingerprint density at radius 1 is 1.38 bits per heavy atom. The molecular formula is C12H24N2O2. The minimum Gasteiger partial charge on any atom is -0.380 e. The van der Waals surface area contributed by atoms with Crippen LogP contribution in [0.25, 0.3) is 0 Å². The first-order valence-corrected chi connectivity index (χ1v) is 6.47. The Morgan fingerprint density at radius 3 is 3.00 bits per heavy atom. The Bertz CT molecular complexity index is 195. The van der Waals surface area contributed by atoms with Crippen LogP contribution in [0, 0.1) is 0 Å². The van der Waals surface area contributed by atoms with Gasteiger partial charge in [-0.1, -0.05) is 0 Å². The van der Waals surface area contributed by atoms with Crippen LogP contribution in [0.3, 0.4) is 0 Å². The zero-order valence-electron chi connectivity index (χ0n) is 10.2. The molecule has 0 radical (unpaired) electrons. The highest BCUT2D eigenvalue weighted by Gasteiger charge is 2.23. The summed E-state index contributed by atoms with van der Waals surface area (Å²) in [6, 6.07) is 0.563. The van der Waals surface area contributed by atoms with Crippen molar-refractivity contribution in [1.82, 2.24) is 10.6 Å². The zero-order valence-corrected chi connectivity index (χ0v) is 10.2. The molecule has 2 saturated heterocycles. The molecule has 2 aliphatic heterocycles. The summed E-state index contributed by atoms with van der Waals surface area (Å²) in [5.74, 6) is 0. The summed E-state index contributed by atoms with van der Waals surface area (Å²) >= 11 is 0. The number of rotatable bonds is 5. The standard InChI is InChI=1S/C12H24N2O2/c1-15-12-6-10(14-9-12)7-13-8-11-4-2-3-5-16-11/h10-14H,2-9H2,1H3. The molecule has 0 saturated carbocycles. The monoisotopic (exact) mass is 228 g/mol. The molecule has 3 unspecified atom stereocenters. The van der Waals surface area contributed by atoms with Crippen molar-refractivity contribution in [2.45, 2.75) is 43.9 Å². The van der Waals surface area contributed by atoms with E-state index in [-0.39, 0.29) is 0 Å². The SMILES string of the molecule is COC1CNC(CNCC2CCCCO2)C1. The molecular weight excluding hydrogens is 204 g/mol. The maximum Gasteiger partial charge on any atom is 0.0711 e. The van der Waals surface area contributed by atoms with E-state index in [4.69, 9.17) is 9.47 Å². The summed E-state index contributed by atoms with van der Waals surface area (Å²) in [5.41, 5.74) is 0. The zero-order chi connectivity index (χ0) is 11.2. The van der Waals surface area contributed by atoms with E-state index in [1.54, 1.807) is 7.11 Å². The number of nitrogens with one attached hydrogen (secondary N) is 2. The van der Waals surface area contributed by atoms with Crippen LogP contribution in [0.1, 0.15) is 25.7 Å². The Kier molecular flexibility index (Phi) is 5.03. The van der Waals surface area contributed by atoms with Gasteiger partial charge in [0.1, 0.15) is 0 Å². The van der Waals surface area contributed by atoms with E-state index in [9.17, 15) is 0 Å². The molecule has 16 heavy (non-hydrogen) atoms. The van der Waals surface area contributed by atoms with Crippen LogP contribution in [0.4, 0.5) is 0 Å². The summed E-state index contributed by atoms with van der Waals surface area (Å²) in [5, 5.41) is 6.97. The lowest BCUT2D eigenvalue weighted by molar-refractivity contribution is 0.0167. The quantitative estimate of drug-likeness (QED) is 0.720. The van der Waals surface area contributed by atoms with E-state index < -0.39 is 0 Å². The van der Waals surface area contributed by atoms with Crippen LogP contribution in [-0.2, 0) is 9.47 Å². The second-order valence-electron chi connectivity index (χ2n) is 4.85. The summed E-state index contributed by atoms with van der Waals surface area (Å²) < 4.78 is 11.0. The summed E-state index contributed by atoms with van der Waals surface area (Å²) in [6.45, 7) is 3.96. The molecule has 0 aromatic heterocycles. The third kappa shape index (κ3) is 3.70. The van der Waals surface area contributed by atoms with E-state index >= 15 is 0 Å². The number of ether oxygens (including phenoxy) is 2. The van der Waals surface area contributed by atoms with Crippen LogP contribution < -0.4 is 10.6 Å². The van der Waals surface area contributed by atoms with Gasteiger partial charge >= 0.3 is 0 Å². The highest BCUT2D eigenvalue weighted by molar-refractivity contribution is 4.83. The molecule has 0 bridgehead atoms. The van der Waals surface area contributed by atoms with Gasteiger partial charge in [-0.3, -0.25) is 0 Å². The lowest BCUT2D eigenvalue weighted by Gasteiger charge is -2.23. The van der Waals surface area contributed by atoms with Crippen LogP contribution in [-0.4, -0.2) is 51.6 Å². The van der Waals surface area contributed by atoms with Gasteiger partial charge in [-0.2, -0.15) is 0 Å². The van der Waals surface area contributed by atoms with Crippen LogP contribution >= 0.6 is 0 Å². The van der Waals surface area contributed by atoms with E-state index in [1.807, 2.05) is 0 Å². The largest absolute Gasteiger partial charge is 0.380 e. The molecule has 94 valence electrons. The fraction of sp³-hybridized carbons (Fsp3) is 1.00. The topological polar surface area (TPSA) is 42.5 Å². The van der Waals surface area contributed by atoms with E-state index in [0.717, 1.165) is 32.7 Å². The van der Waals surface area contributed by atoms with Gasteiger partial charge < -0.3 is 20.1 Å². The predicted octanol–water partition coefficient (Wildman–Crippen LogP) is 0.522. The Labute approximate surface area is 98.1 Å². The van der Waals surface area contributed by atoms with E-state index in [0.29, 0.717) is 18.2 Å². The number of hydrogen-bond acceptors (Lipinski definition) is 4. The number of hydrogen-bond donors (Lipinski definition) is 2. The van der Waals surface area contributed by atoms with Crippen molar-refractivity contribution in [3.63, 3.8) is 0 Å². The Morgan fingerprint density at radius 2 is 2.31 bits per heavy atom. The van der Waals surface area contributed by atoms with Gasteiger partial charge in [0.05, 0.1) is 12.2 Å². The fourth-order valence-electron chi connectivity index (χ4n) is 2.50. The van der Waals surface area contributed by atoms with E-state index in [2.05, 4.69) is 10.6 Å². The second-order valence-corrected chi connectivity index (χ2v) is 4.85. The minimum atomic E-state index is 0.401. The van der Waals surface area contributed by atoms with Gasteiger partial charge in [0, 0.05) is 39.4 Å². The first-order chi connectivity index (χ1) is 7.88. The number of methoxy groups -OCH3 is 1. The average molecular weight is 228 g/mol. The summed E-state index contributed by atoms with van der Waals surface area (Å²) in [7, 11) is 1.79. The molecule has 3 atom stereocenters. The minimum absolute atomic E-state index is 0.401. The predicted molar refractivity (Wildman–Crippen MR) is 63.7 cm³/mol. The molecule has 0 aliphatic carbocycles. The third-order valence-corrected chi connectivity index (χ3v) is 3.55. The molecule has 2 heterocycles. The van der Waals surface area contributed by atoms with Gasteiger partial charge in [0.2, 0.25) is 0 Å². The van der Waals surface area contributed by atoms with Gasteiger partial charge in [0.15, 0.2) is 0 Å². The summed E-state index contributed by atoms with van der Waals surface area (Å²) in [4.78, 5) is 0. The van der Waals surface area contributed by atoms with Crippen LogP contribution in [0.5, 0.6) is 0 Å². The molecule has 0 aromatic carbocycles. The Balaban J connectivity index is 1.54. The molecule has 0 aromatic rings. The second kappa shape index (κ2) is 6.55. The first-order valence-electron chi connectivity index (χ1n) is 6.47. The fourth-order valence-corrected chi connectivity index (χ4v) is 2.50. The van der Waals surface area contributed by atoms with Crippen molar-refractivity contribution < 1.29 is 9.47 Å². The smallest absolute Gasteiger partial charge is 0.0711 e.